The number of nitrogens with zero attached hydrogens (tertiary/aromatic N) is 1. The van der Waals surface area contributed by atoms with E-state index in [-0.39, 0.29) is 0 Å². The lowest BCUT2D eigenvalue weighted by molar-refractivity contribution is 0.0435. The number of morpholine rings is 1. The molecule has 3 heteroatoms. The fourth-order valence-electron chi connectivity index (χ4n) is 2.34. The number of H-pyrrole nitrogens is 1. The molecule has 1 saturated heterocycles. The van der Waals surface area contributed by atoms with Crippen LogP contribution >= 0.6 is 0 Å². The molecule has 1 aliphatic rings. The Kier molecular flexibility index (Phi) is 3.44. The fraction of sp³-hybridized carbons (Fsp3) is 0.333. The van der Waals surface area contributed by atoms with Crippen LogP contribution in [0, 0.1) is 0 Å². The Morgan fingerprint density at radius 3 is 2.94 bits per heavy atom. The van der Waals surface area contributed by atoms with Crippen LogP contribution in [-0.2, 0) is 4.74 Å². The molecule has 0 radical (unpaired) electrons. The molecule has 0 atom stereocenters. The van der Waals surface area contributed by atoms with Crippen LogP contribution in [0.15, 0.2) is 36.5 Å². The van der Waals surface area contributed by atoms with Crippen LogP contribution in [0.2, 0.25) is 0 Å². The van der Waals surface area contributed by atoms with Crippen molar-refractivity contribution in [2.24, 2.45) is 0 Å². The van der Waals surface area contributed by atoms with Crippen LogP contribution < -0.4 is 0 Å². The highest BCUT2D eigenvalue weighted by Gasteiger charge is 2.07. The van der Waals surface area contributed by atoms with Gasteiger partial charge in [-0.1, -0.05) is 30.4 Å². The van der Waals surface area contributed by atoms with Crippen molar-refractivity contribution < 1.29 is 4.74 Å². The van der Waals surface area contributed by atoms with Crippen molar-refractivity contribution in [1.82, 2.24) is 9.88 Å². The fourth-order valence-corrected chi connectivity index (χ4v) is 2.34. The summed E-state index contributed by atoms with van der Waals surface area (Å²) in [5.41, 5.74) is 2.46. The molecular weight excluding hydrogens is 224 g/mol. The van der Waals surface area contributed by atoms with E-state index < -0.39 is 0 Å². The first-order chi connectivity index (χ1) is 8.93. The van der Waals surface area contributed by atoms with Crippen LogP contribution in [0.4, 0.5) is 0 Å². The van der Waals surface area contributed by atoms with Gasteiger partial charge in [-0.15, -0.1) is 0 Å². The first-order valence-electron chi connectivity index (χ1n) is 6.46. The third-order valence-corrected chi connectivity index (χ3v) is 3.39. The topological polar surface area (TPSA) is 28.3 Å². The molecule has 1 aliphatic heterocycles. The van der Waals surface area contributed by atoms with Crippen LogP contribution in [0.25, 0.3) is 17.0 Å². The molecule has 0 spiro atoms. The van der Waals surface area contributed by atoms with Crippen LogP contribution in [0.3, 0.4) is 0 Å². The van der Waals surface area contributed by atoms with Gasteiger partial charge in [-0.3, -0.25) is 4.90 Å². The average molecular weight is 242 g/mol. The highest BCUT2D eigenvalue weighted by Crippen LogP contribution is 2.18. The molecule has 18 heavy (non-hydrogen) atoms. The van der Waals surface area contributed by atoms with E-state index in [1.807, 2.05) is 0 Å². The summed E-state index contributed by atoms with van der Waals surface area (Å²) in [6.45, 7) is 4.81. The lowest BCUT2D eigenvalue weighted by Crippen LogP contribution is -2.36. The van der Waals surface area contributed by atoms with Crippen LogP contribution in [0.1, 0.15) is 5.56 Å². The second-order valence-electron chi connectivity index (χ2n) is 4.60. The molecule has 0 aliphatic carbocycles. The number of hydrogen-bond donors (Lipinski definition) is 1. The number of para-hydroxylation sites is 1. The second kappa shape index (κ2) is 5.38. The summed E-state index contributed by atoms with van der Waals surface area (Å²) in [6, 6.07) is 8.39. The molecule has 1 N–H and O–H groups in total. The molecule has 2 aromatic rings. The Morgan fingerprint density at radius 2 is 2.06 bits per heavy atom. The summed E-state index contributed by atoms with van der Waals surface area (Å²) >= 11 is 0. The SMILES string of the molecule is C(=C\c1c[nH]c2ccccc12)/CN1CCOCC1. The zero-order chi connectivity index (χ0) is 12.2. The molecule has 2 heterocycles. The Labute approximate surface area is 107 Å². The molecule has 0 unspecified atom stereocenters. The third kappa shape index (κ3) is 2.47. The van der Waals surface area contributed by atoms with Gasteiger partial charge in [-0.2, -0.15) is 0 Å². The molecule has 1 fully saturated rings. The minimum absolute atomic E-state index is 0.862. The van der Waals surface area contributed by atoms with Crippen molar-refractivity contribution >= 4 is 17.0 Å². The average Bonchev–Trinajstić information content (AvgIpc) is 2.84. The lowest BCUT2D eigenvalue weighted by atomic mass is 10.1. The summed E-state index contributed by atoms with van der Waals surface area (Å²) in [4.78, 5) is 5.70. The van der Waals surface area contributed by atoms with E-state index >= 15 is 0 Å². The predicted molar refractivity (Wildman–Crippen MR) is 74.6 cm³/mol. The highest BCUT2D eigenvalue weighted by atomic mass is 16.5. The minimum Gasteiger partial charge on any atom is -0.379 e. The summed E-state index contributed by atoms with van der Waals surface area (Å²) in [7, 11) is 0. The van der Waals surface area contributed by atoms with Gasteiger partial charge in [-0.25, -0.2) is 0 Å². The van der Waals surface area contributed by atoms with E-state index in [9.17, 15) is 0 Å². The quantitative estimate of drug-likeness (QED) is 0.895. The maximum absolute atomic E-state index is 5.34. The van der Waals surface area contributed by atoms with E-state index in [1.54, 1.807) is 0 Å². The predicted octanol–water partition coefficient (Wildman–Crippen LogP) is 2.51. The summed E-state index contributed by atoms with van der Waals surface area (Å²) in [5, 5.41) is 1.29. The van der Waals surface area contributed by atoms with Crippen molar-refractivity contribution in [3.8, 4) is 0 Å². The van der Waals surface area contributed by atoms with Gasteiger partial charge >= 0.3 is 0 Å². The number of fused-ring (bicyclic) bond motifs is 1. The van der Waals surface area contributed by atoms with E-state index in [1.165, 1.54) is 16.5 Å². The van der Waals surface area contributed by atoms with Crippen molar-refractivity contribution in [2.75, 3.05) is 32.8 Å². The molecule has 3 rings (SSSR count). The smallest absolute Gasteiger partial charge is 0.0594 e. The first kappa shape index (κ1) is 11.5. The zero-order valence-corrected chi connectivity index (χ0v) is 10.4. The number of aromatic amines is 1. The van der Waals surface area contributed by atoms with E-state index in [2.05, 4.69) is 52.5 Å². The molecule has 0 bridgehead atoms. The minimum atomic E-state index is 0.862. The van der Waals surface area contributed by atoms with E-state index in [4.69, 9.17) is 4.74 Å². The summed E-state index contributed by atoms with van der Waals surface area (Å²) in [6.07, 6.45) is 6.51. The zero-order valence-electron chi connectivity index (χ0n) is 10.4. The van der Waals surface area contributed by atoms with Gasteiger partial charge in [0.25, 0.3) is 0 Å². The second-order valence-corrected chi connectivity index (χ2v) is 4.60. The Balaban J connectivity index is 1.68. The summed E-state index contributed by atoms with van der Waals surface area (Å²) in [5.74, 6) is 0. The Bertz CT molecular complexity index is 538. The monoisotopic (exact) mass is 242 g/mol. The highest BCUT2D eigenvalue weighted by molar-refractivity contribution is 5.88. The summed E-state index contributed by atoms with van der Waals surface area (Å²) < 4.78 is 5.34. The number of benzene rings is 1. The van der Waals surface area contributed by atoms with Gasteiger partial charge in [0, 0.05) is 36.7 Å². The van der Waals surface area contributed by atoms with Gasteiger partial charge < -0.3 is 9.72 Å². The number of ether oxygens (including phenoxy) is 1. The molecule has 1 aromatic heterocycles. The first-order valence-corrected chi connectivity index (χ1v) is 6.46. The number of hydrogen-bond acceptors (Lipinski definition) is 2. The number of nitrogens with one attached hydrogen (secondary N) is 1. The van der Waals surface area contributed by atoms with Crippen molar-refractivity contribution in [3.05, 3.63) is 42.1 Å². The van der Waals surface area contributed by atoms with E-state index in [0.29, 0.717) is 0 Å². The molecular formula is C15H18N2O. The van der Waals surface area contributed by atoms with Crippen molar-refractivity contribution in [3.63, 3.8) is 0 Å². The molecule has 1 aromatic carbocycles. The van der Waals surface area contributed by atoms with Crippen molar-refractivity contribution in [1.29, 1.82) is 0 Å². The standard InChI is InChI=1S/C15H18N2O/c1-2-6-15-14(5-1)13(12-16-15)4-3-7-17-8-10-18-11-9-17/h1-6,12,16H,7-11H2/b4-3+. The lowest BCUT2D eigenvalue weighted by Gasteiger charge is -2.25. The maximum atomic E-state index is 5.34. The van der Waals surface area contributed by atoms with Crippen LogP contribution in [0.5, 0.6) is 0 Å². The Hall–Kier alpha value is -1.58. The molecule has 94 valence electrons. The molecule has 3 nitrogen and oxygen atoms in total. The molecule has 0 amide bonds. The normalized spacial score (nSPS) is 17.8. The largest absolute Gasteiger partial charge is 0.379 e. The third-order valence-electron chi connectivity index (χ3n) is 3.39. The Morgan fingerprint density at radius 1 is 1.22 bits per heavy atom. The van der Waals surface area contributed by atoms with E-state index in [0.717, 1.165) is 32.8 Å². The maximum Gasteiger partial charge on any atom is 0.0594 e. The van der Waals surface area contributed by atoms with Gasteiger partial charge in [0.05, 0.1) is 13.2 Å². The van der Waals surface area contributed by atoms with Crippen LogP contribution in [-0.4, -0.2) is 42.7 Å². The van der Waals surface area contributed by atoms with Gasteiger partial charge in [0.2, 0.25) is 0 Å². The van der Waals surface area contributed by atoms with Crippen molar-refractivity contribution in [2.45, 2.75) is 0 Å². The number of aromatic nitrogens is 1. The number of rotatable bonds is 3. The van der Waals surface area contributed by atoms with Gasteiger partial charge in [0.15, 0.2) is 0 Å². The van der Waals surface area contributed by atoms with Gasteiger partial charge in [-0.05, 0) is 11.6 Å². The van der Waals surface area contributed by atoms with Gasteiger partial charge in [0.1, 0.15) is 0 Å². The molecule has 0 saturated carbocycles.